The van der Waals surface area contributed by atoms with Crippen LogP contribution in [0.25, 0.3) is 0 Å². The van der Waals surface area contributed by atoms with E-state index in [-0.39, 0.29) is 24.5 Å². The van der Waals surface area contributed by atoms with Crippen LogP contribution in [0.3, 0.4) is 0 Å². The first-order chi connectivity index (χ1) is 16.3. The van der Waals surface area contributed by atoms with Gasteiger partial charge in [-0.2, -0.15) is 0 Å². The molecule has 2 aromatic rings. The second-order valence-electron chi connectivity index (χ2n) is 8.94. The predicted molar refractivity (Wildman–Crippen MR) is 134 cm³/mol. The molecule has 0 heterocycles. The maximum absolute atomic E-state index is 13.4. The maximum atomic E-state index is 13.4. The molecule has 7 heteroatoms. The van der Waals surface area contributed by atoms with Gasteiger partial charge in [0, 0.05) is 17.6 Å². The Morgan fingerprint density at radius 2 is 1.71 bits per heavy atom. The lowest BCUT2D eigenvalue weighted by molar-refractivity contribution is -0.143. The van der Waals surface area contributed by atoms with Gasteiger partial charge in [-0.3, -0.25) is 9.59 Å². The topological polar surface area (TPSA) is 67.9 Å². The monoisotopic (exact) mass is 486 g/mol. The van der Waals surface area contributed by atoms with Crippen LogP contribution >= 0.6 is 11.6 Å². The summed E-state index contributed by atoms with van der Waals surface area (Å²) in [7, 11) is 1.61. The summed E-state index contributed by atoms with van der Waals surface area (Å²) in [5.74, 6) is 0.981. The highest BCUT2D eigenvalue weighted by Crippen LogP contribution is 2.26. The van der Waals surface area contributed by atoms with Crippen LogP contribution in [0, 0.1) is 13.8 Å². The van der Waals surface area contributed by atoms with Crippen molar-refractivity contribution in [3.63, 3.8) is 0 Å². The van der Waals surface area contributed by atoms with E-state index in [1.165, 1.54) is 0 Å². The number of nitrogens with one attached hydrogen (secondary N) is 1. The quantitative estimate of drug-likeness (QED) is 0.500. The molecule has 2 amide bonds. The van der Waals surface area contributed by atoms with Crippen molar-refractivity contribution < 1.29 is 19.1 Å². The van der Waals surface area contributed by atoms with Crippen LogP contribution in [0.2, 0.25) is 5.02 Å². The molecule has 1 aliphatic rings. The minimum absolute atomic E-state index is 0.102. The minimum Gasteiger partial charge on any atom is -0.497 e. The van der Waals surface area contributed by atoms with Gasteiger partial charge < -0.3 is 19.7 Å². The number of nitrogens with zero attached hydrogens (tertiary/aromatic N) is 1. The molecule has 34 heavy (non-hydrogen) atoms. The van der Waals surface area contributed by atoms with Crippen LogP contribution in [0.1, 0.15) is 55.7 Å². The Labute approximate surface area is 207 Å². The number of benzene rings is 2. The fraction of sp³-hybridized carbons (Fsp3) is 0.481. The first-order valence-electron chi connectivity index (χ1n) is 11.9. The normalized spacial score (nSPS) is 14.5. The zero-order valence-corrected chi connectivity index (χ0v) is 21.3. The van der Waals surface area contributed by atoms with Crippen LogP contribution in [0.5, 0.6) is 11.5 Å². The third-order valence-electron chi connectivity index (χ3n) is 6.37. The third kappa shape index (κ3) is 6.66. The smallest absolute Gasteiger partial charge is 0.261 e. The highest BCUT2D eigenvalue weighted by molar-refractivity contribution is 6.32. The minimum atomic E-state index is -0.576. The lowest BCUT2D eigenvalue weighted by Crippen LogP contribution is -2.52. The molecule has 0 aliphatic heterocycles. The summed E-state index contributed by atoms with van der Waals surface area (Å²) in [6.07, 6.45) is 4.76. The first kappa shape index (κ1) is 25.9. The second-order valence-corrected chi connectivity index (χ2v) is 9.32. The first-order valence-corrected chi connectivity index (χ1v) is 12.3. The molecule has 0 bridgehead atoms. The van der Waals surface area contributed by atoms with Crippen LogP contribution in [0.15, 0.2) is 36.4 Å². The Bertz CT molecular complexity index is 964. The average molecular weight is 487 g/mol. The van der Waals surface area contributed by atoms with E-state index in [1.807, 2.05) is 57.2 Å². The number of carbonyl (C=O) groups is 2. The molecule has 0 aromatic heterocycles. The van der Waals surface area contributed by atoms with Gasteiger partial charge in [0.2, 0.25) is 5.91 Å². The predicted octanol–water partition coefficient (Wildman–Crippen LogP) is 5.21. The van der Waals surface area contributed by atoms with Crippen molar-refractivity contribution in [1.82, 2.24) is 10.2 Å². The summed E-state index contributed by atoms with van der Waals surface area (Å²) in [6.45, 7) is 5.88. The summed E-state index contributed by atoms with van der Waals surface area (Å²) in [4.78, 5) is 28.2. The molecule has 184 valence electrons. The van der Waals surface area contributed by atoms with Crippen molar-refractivity contribution in [3.8, 4) is 11.5 Å². The maximum Gasteiger partial charge on any atom is 0.261 e. The van der Waals surface area contributed by atoms with Crippen molar-refractivity contribution >= 4 is 23.4 Å². The number of ether oxygens (including phenoxy) is 2. The fourth-order valence-electron chi connectivity index (χ4n) is 4.43. The van der Waals surface area contributed by atoms with Gasteiger partial charge in [0.25, 0.3) is 5.91 Å². The molecule has 1 atom stereocenters. The number of rotatable bonds is 10. The molecular formula is C27H35ClN2O4. The van der Waals surface area contributed by atoms with E-state index in [9.17, 15) is 9.59 Å². The molecule has 1 N–H and O–H groups in total. The van der Waals surface area contributed by atoms with E-state index in [1.54, 1.807) is 12.0 Å². The van der Waals surface area contributed by atoms with E-state index < -0.39 is 6.04 Å². The number of halogens is 1. The molecule has 0 saturated heterocycles. The standard InChI is InChI=1S/C27H35ClN2O4/c1-5-24(27(32)29-21-8-6-7-9-21)30(16-20-10-12-22(33-4)13-11-20)25(31)17-34-23-14-18(2)26(28)19(3)15-23/h10-15,21,24H,5-9,16-17H2,1-4H3,(H,29,32)/t24-/m1/s1. The van der Waals surface area contributed by atoms with Gasteiger partial charge >= 0.3 is 0 Å². The molecule has 0 unspecified atom stereocenters. The van der Waals surface area contributed by atoms with Crippen molar-refractivity contribution in [3.05, 3.63) is 58.1 Å². The fourth-order valence-corrected chi connectivity index (χ4v) is 4.54. The molecule has 0 spiro atoms. The zero-order valence-electron chi connectivity index (χ0n) is 20.5. The molecule has 6 nitrogen and oxygen atoms in total. The number of hydrogen-bond donors (Lipinski definition) is 1. The van der Waals surface area contributed by atoms with E-state index in [2.05, 4.69) is 5.32 Å². The Balaban J connectivity index is 1.78. The number of carbonyl (C=O) groups excluding carboxylic acids is 2. The van der Waals surface area contributed by atoms with Crippen LogP contribution < -0.4 is 14.8 Å². The Morgan fingerprint density at radius 3 is 2.26 bits per heavy atom. The van der Waals surface area contributed by atoms with Crippen molar-refractivity contribution in [2.75, 3.05) is 13.7 Å². The van der Waals surface area contributed by atoms with E-state index in [0.717, 1.165) is 48.1 Å². The molecule has 3 rings (SSSR count). The van der Waals surface area contributed by atoms with Gasteiger partial charge in [0.05, 0.1) is 7.11 Å². The van der Waals surface area contributed by atoms with Gasteiger partial charge in [0.1, 0.15) is 17.5 Å². The van der Waals surface area contributed by atoms with Crippen LogP contribution in [0.4, 0.5) is 0 Å². The van der Waals surface area contributed by atoms with Crippen LogP contribution in [-0.2, 0) is 16.1 Å². The van der Waals surface area contributed by atoms with Gasteiger partial charge in [0.15, 0.2) is 6.61 Å². The van der Waals surface area contributed by atoms with Gasteiger partial charge in [-0.25, -0.2) is 0 Å². The molecule has 1 saturated carbocycles. The van der Waals surface area contributed by atoms with Gasteiger partial charge in [-0.05, 0) is 74.1 Å². The summed E-state index contributed by atoms with van der Waals surface area (Å²) >= 11 is 6.26. The van der Waals surface area contributed by atoms with Gasteiger partial charge in [-0.15, -0.1) is 0 Å². The number of methoxy groups -OCH3 is 1. The summed E-state index contributed by atoms with van der Waals surface area (Å²) in [6, 6.07) is 10.8. The van der Waals surface area contributed by atoms with Crippen molar-refractivity contribution in [2.24, 2.45) is 0 Å². The summed E-state index contributed by atoms with van der Waals surface area (Å²) in [5.41, 5.74) is 2.70. The zero-order chi connectivity index (χ0) is 24.7. The highest BCUT2D eigenvalue weighted by atomic mass is 35.5. The number of amides is 2. The molecule has 1 fully saturated rings. The SMILES string of the molecule is CC[C@H](C(=O)NC1CCCC1)N(Cc1ccc(OC)cc1)C(=O)COc1cc(C)c(Cl)c(C)c1. The second kappa shape index (κ2) is 12.1. The van der Waals surface area contributed by atoms with E-state index in [0.29, 0.717) is 23.7 Å². The Hall–Kier alpha value is -2.73. The molecule has 1 aliphatic carbocycles. The summed E-state index contributed by atoms with van der Waals surface area (Å²) < 4.78 is 11.1. The Morgan fingerprint density at radius 1 is 1.09 bits per heavy atom. The third-order valence-corrected chi connectivity index (χ3v) is 6.97. The lowest BCUT2D eigenvalue weighted by Gasteiger charge is -2.31. The van der Waals surface area contributed by atoms with Crippen molar-refractivity contribution in [1.29, 1.82) is 0 Å². The lowest BCUT2D eigenvalue weighted by atomic mass is 10.1. The molecule has 2 aromatic carbocycles. The average Bonchev–Trinajstić information content (AvgIpc) is 3.34. The van der Waals surface area contributed by atoms with E-state index in [4.69, 9.17) is 21.1 Å². The van der Waals surface area contributed by atoms with Crippen molar-refractivity contribution in [2.45, 2.75) is 71.5 Å². The van der Waals surface area contributed by atoms with E-state index >= 15 is 0 Å². The highest BCUT2D eigenvalue weighted by Gasteiger charge is 2.31. The number of aryl methyl sites for hydroxylation is 2. The molecule has 0 radical (unpaired) electrons. The van der Waals surface area contributed by atoms with Crippen LogP contribution in [-0.4, -0.2) is 42.5 Å². The van der Waals surface area contributed by atoms with Gasteiger partial charge in [-0.1, -0.05) is 43.5 Å². The summed E-state index contributed by atoms with van der Waals surface area (Å²) in [5, 5.41) is 3.85. The number of hydrogen-bond acceptors (Lipinski definition) is 4. The molecular weight excluding hydrogens is 452 g/mol. The Kier molecular flexibility index (Phi) is 9.22. The largest absolute Gasteiger partial charge is 0.497 e.